The minimum absolute atomic E-state index is 0.278. The van der Waals surface area contributed by atoms with Gasteiger partial charge >= 0.3 is 0 Å². The number of benzene rings is 1. The second kappa shape index (κ2) is 5.87. The van der Waals surface area contributed by atoms with Crippen molar-refractivity contribution in [2.45, 2.75) is 57.1 Å². The van der Waals surface area contributed by atoms with E-state index >= 15 is 0 Å². The van der Waals surface area contributed by atoms with E-state index in [1.165, 1.54) is 31.2 Å². The van der Waals surface area contributed by atoms with Gasteiger partial charge < -0.3 is 10.0 Å². The highest BCUT2D eigenvalue weighted by molar-refractivity contribution is 5.35. The van der Waals surface area contributed by atoms with Crippen molar-refractivity contribution in [1.29, 1.82) is 0 Å². The highest BCUT2D eigenvalue weighted by Gasteiger charge is 2.34. The van der Waals surface area contributed by atoms with Crippen LogP contribution >= 0.6 is 0 Å². The van der Waals surface area contributed by atoms with Crippen LogP contribution in [-0.4, -0.2) is 29.6 Å². The number of likely N-dealkylation sites (N-methyl/N-ethyl adjacent to an activating group) is 1. The van der Waals surface area contributed by atoms with Crippen molar-refractivity contribution in [2.75, 3.05) is 13.6 Å². The van der Waals surface area contributed by atoms with Crippen molar-refractivity contribution in [3.8, 4) is 0 Å². The fourth-order valence-electron chi connectivity index (χ4n) is 4.21. The zero-order valence-electron chi connectivity index (χ0n) is 12.8. The Morgan fingerprint density at radius 2 is 1.80 bits per heavy atom. The Morgan fingerprint density at radius 3 is 2.50 bits per heavy atom. The average Bonchev–Trinajstić information content (AvgIpc) is 2.95. The maximum atomic E-state index is 10.7. The normalized spacial score (nSPS) is 30.7. The average molecular weight is 273 g/mol. The predicted octanol–water partition coefficient (Wildman–Crippen LogP) is 3.72. The van der Waals surface area contributed by atoms with Crippen molar-refractivity contribution >= 4 is 0 Å². The lowest BCUT2D eigenvalue weighted by Crippen LogP contribution is -2.42. The summed E-state index contributed by atoms with van der Waals surface area (Å²) in [7, 11) is 2.20. The standard InChI is InChI=1S/C18H27NO/c1-13-11-17(19(2)12-14-7-3-4-8-14)18(20)16-10-6-5-9-15(13)16/h5-6,9-10,13-14,17-18,20H,3-4,7-8,11-12H2,1-2H3. The molecule has 0 radical (unpaired) electrons. The molecule has 0 heterocycles. The fraction of sp³-hybridized carbons (Fsp3) is 0.667. The molecule has 0 amide bonds. The quantitative estimate of drug-likeness (QED) is 0.907. The molecule has 0 aromatic heterocycles. The zero-order valence-corrected chi connectivity index (χ0v) is 12.8. The van der Waals surface area contributed by atoms with Crippen molar-refractivity contribution in [3.63, 3.8) is 0 Å². The van der Waals surface area contributed by atoms with Gasteiger partial charge in [-0.05, 0) is 49.3 Å². The molecule has 20 heavy (non-hydrogen) atoms. The van der Waals surface area contributed by atoms with Gasteiger partial charge in [0, 0.05) is 12.6 Å². The van der Waals surface area contributed by atoms with Crippen LogP contribution in [0.4, 0.5) is 0 Å². The van der Waals surface area contributed by atoms with Crippen LogP contribution in [0.15, 0.2) is 24.3 Å². The first-order valence-electron chi connectivity index (χ1n) is 8.14. The van der Waals surface area contributed by atoms with Gasteiger partial charge in [-0.25, -0.2) is 0 Å². The lowest BCUT2D eigenvalue weighted by Gasteiger charge is -2.40. The molecule has 2 aliphatic carbocycles. The summed E-state index contributed by atoms with van der Waals surface area (Å²) in [6.45, 7) is 3.44. The largest absolute Gasteiger partial charge is 0.387 e. The summed E-state index contributed by atoms with van der Waals surface area (Å²) in [5.74, 6) is 1.39. The van der Waals surface area contributed by atoms with E-state index in [0.29, 0.717) is 5.92 Å². The van der Waals surface area contributed by atoms with Crippen LogP contribution in [0, 0.1) is 5.92 Å². The van der Waals surface area contributed by atoms with E-state index in [1.54, 1.807) is 0 Å². The summed E-state index contributed by atoms with van der Waals surface area (Å²) in [4.78, 5) is 2.42. The molecule has 1 saturated carbocycles. The molecule has 1 aromatic rings. The van der Waals surface area contributed by atoms with E-state index in [9.17, 15) is 5.11 Å². The Morgan fingerprint density at radius 1 is 1.15 bits per heavy atom. The molecule has 0 aliphatic heterocycles. The third-order valence-corrected chi connectivity index (χ3v) is 5.39. The summed E-state index contributed by atoms with van der Waals surface area (Å²) >= 11 is 0. The first kappa shape index (κ1) is 14.1. The lowest BCUT2D eigenvalue weighted by atomic mass is 9.78. The first-order valence-corrected chi connectivity index (χ1v) is 8.14. The topological polar surface area (TPSA) is 23.5 Å². The van der Waals surface area contributed by atoms with E-state index < -0.39 is 0 Å². The number of hydrogen-bond donors (Lipinski definition) is 1. The van der Waals surface area contributed by atoms with Gasteiger partial charge in [0.05, 0.1) is 6.10 Å². The van der Waals surface area contributed by atoms with Gasteiger partial charge in [0.25, 0.3) is 0 Å². The van der Waals surface area contributed by atoms with Gasteiger partial charge in [0.1, 0.15) is 0 Å². The predicted molar refractivity (Wildman–Crippen MR) is 82.8 cm³/mol. The summed E-state index contributed by atoms with van der Waals surface area (Å²) in [6.07, 6.45) is 6.28. The van der Waals surface area contributed by atoms with Gasteiger partial charge in [-0.2, -0.15) is 0 Å². The van der Waals surface area contributed by atoms with Gasteiger partial charge in [0.2, 0.25) is 0 Å². The molecule has 0 saturated heterocycles. The Balaban J connectivity index is 1.74. The smallest absolute Gasteiger partial charge is 0.0948 e. The molecular weight excluding hydrogens is 246 g/mol. The molecule has 3 unspecified atom stereocenters. The molecule has 2 nitrogen and oxygen atoms in total. The molecule has 0 spiro atoms. The second-order valence-corrected chi connectivity index (χ2v) is 6.87. The van der Waals surface area contributed by atoms with Crippen molar-refractivity contribution in [3.05, 3.63) is 35.4 Å². The lowest BCUT2D eigenvalue weighted by molar-refractivity contribution is 0.0378. The maximum absolute atomic E-state index is 10.7. The monoisotopic (exact) mass is 273 g/mol. The number of nitrogens with zero attached hydrogens (tertiary/aromatic N) is 1. The van der Waals surface area contributed by atoms with Crippen LogP contribution in [0.3, 0.4) is 0 Å². The molecule has 3 atom stereocenters. The molecule has 110 valence electrons. The Hall–Kier alpha value is -0.860. The minimum atomic E-state index is -0.325. The summed E-state index contributed by atoms with van der Waals surface area (Å²) in [5.41, 5.74) is 2.49. The Labute approximate surface area is 122 Å². The van der Waals surface area contributed by atoms with Crippen LogP contribution in [0.5, 0.6) is 0 Å². The van der Waals surface area contributed by atoms with E-state index in [-0.39, 0.29) is 12.1 Å². The van der Waals surface area contributed by atoms with Gasteiger partial charge in [-0.15, -0.1) is 0 Å². The summed E-state index contributed by atoms with van der Waals surface area (Å²) < 4.78 is 0. The SMILES string of the molecule is CC1CC(N(C)CC2CCCC2)C(O)c2ccccc21. The number of hydrogen-bond acceptors (Lipinski definition) is 2. The van der Waals surface area contributed by atoms with Crippen LogP contribution in [0.2, 0.25) is 0 Å². The van der Waals surface area contributed by atoms with E-state index in [4.69, 9.17) is 0 Å². The van der Waals surface area contributed by atoms with E-state index in [0.717, 1.165) is 24.4 Å². The minimum Gasteiger partial charge on any atom is -0.387 e. The van der Waals surface area contributed by atoms with Crippen molar-refractivity contribution < 1.29 is 5.11 Å². The molecule has 3 rings (SSSR count). The van der Waals surface area contributed by atoms with Gasteiger partial charge in [0.15, 0.2) is 0 Å². The number of rotatable bonds is 3. The van der Waals surface area contributed by atoms with Crippen LogP contribution in [0.1, 0.15) is 62.2 Å². The van der Waals surface area contributed by atoms with Crippen LogP contribution in [0.25, 0.3) is 0 Å². The van der Waals surface area contributed by atoms with E-state index in [2.05, 4.69) is 37.1 Å². The first-order chi connectivity index (χ1) is 9.66. The molecule has 2 heteroatoms. The van der Waals surface area contributed by atoms with Crippen LogP contribution in [-0.2, 0) is 0 Å². The molecule has 1 aromatic carbocycles. The maximum Gasteiger partial charge on any atom is 0.0948 e. The molecule has 2 aliphatic rings. The molecule has 1 N–H and O–H groups in total. The number of fused-ring (bicyclic) bond motifs is 1. The van der Waals surface area contributed by atoms with Crippen LogP contribution < -0.4 is 0 Å². The van der Waals surface area contributed by atoms with E-state index in [1.807, 2.05) is 6.07 Å². The second-order valence-electron chi connectivity index (χ2n) is 6.87. The zero-order chi connectivity index (χ0) is 14.1. The third-order valence-electron chi connectivity index (χ3n) is 5.39. The Bertz CT molecular complexity index is 452. The highest BCUT2D eigenvalue weighted by atomic mass is 16.3. The van der Waals surface area contributed by atoms with Crippen molar-refractivity contribution in [1.82, 2.24) is 4.90 Å². The fourth-order valence-corrected chi connectivity index (χ4v) is 4.21. The molecular formula is C18H27NO. The third kappa shape index (κ3) is 2.64. The molecule has 1 fully saturated rings. The Kier molecular flexibility index (Phi) is 4.13. The molecule has 0 bridgehead atoms. The number of aliphatic hydroxyl groups excluding tert-OH is 1. The summed E-state index contributed by atoms with van der Waals surface area (Å²) in [6, 6.07) is 8.70. The van der Waals surface area contributed by atoms with Crippen molar-refractivity contribution in [2.24, 2.45) is 5.92 Å². The summed E-state index contributed by atoms with van der Waals surface area (Å²) in [5, 5.41) is 10.7. The number of aliphatic hydroxyl groups is 1. The van der Waals surface area contributed by atoms with Gasteiger partial charge in [-0.3, -0.25) is 0 Å². The van der Waals surface area contributed by atoms with Gasteiger partial charge in [-0.1, -0.05) is 44.0 Å². The highest BCUT2D eigenvalue weighted by Crippen LogP contribution is 2.39.